The molecule has 21 heavy (non-hydrogen) atoms. The number of carbonyl (C=O) groups is 1. The van der Waals surface area contributed by atoms with Gasteiger partial charge in [0, 0.05) is 12.6 Å². The van der Waals surface area contributed by atoms with Crippen LogP contribution in [-0.4, -0.2) is 36.4 Å². The second-order valence-electron chi connectivity index (χ2n) is 4.53. The van der Waals surface area contributed by atoms with E-state index < -0.39 is 44.1 Å². The Labute approximate surface area is 121 Å². The van der Waals surface area contributed by atoms with Gasteiger partial charge in [-0.05, 0) is 26.0 Å². The van der Waals surface area contributed by atoms with Crippen molar-refractivity contribution < 1.29 is 27.1 Å². The molecule has 1 aromatic carbocycles. The smallest absolute Gasteiger partial charge is 0.335 e. The SMILES string of the molecule is C=CCN(C(C)C)S(=O)(=O)c1cc(C(=O)O)cc(F)c1F. The standard InChI is InChI=1S/C13H15F2NO4S/c1-4-5-16(8(2)3)21(19,20)11-7-9(13(17)18)6-10(14)12(11)15/h4,6-8H,1,5H2,2-3H3,(H,17,18). The summed E-state index contributed by atoms with van der Waals surface area (Å²) in [5.74, 6) is -4.68. The molecule has 0 atom stereocenters. The predicted octanol–water partition coefficient (Wildman–Crippen LogP) is 2.25. The lowest BCUT2D eigenvalue weighted by atomic mass is 10.2. The molecular formula is C13H15F2NO4S. The predicted molar refractivity (Wildman–Crippen MR) is 72.5 cm³/mol. The molecule has 1 N–H and O–H groups in total. The summed E-state index contributed by atoms with van der Waals surface area (Å²) in [6.45, 7) is 6.40. The first-order valence-corrected chi connectivity index (χ1v) is 7.42. The van der Waals surface area contributed by atoms with E-state index in [0.29, 0.717) is 12.1 Å². The van der Waals surface area contributed by atoms with Crippen molar-refractivity contribution in [2.45, 2.75) is 24.8 Å². The average Bonchev–Trinajstić information content (AvgIpc) is 2.37. The normalized spacial score (nSPS) is 11.9. The zero-order chi connectivity index (χ0) is 16.4. The van der Waals surface area contributed by atoms with Gasteiger partial charge in [0.15, 0.2) is 11.6 Å². The molecule has 8 heteroatoms. The molecule has 0 aliphatic carbocycles. The van der Waals surface area contributed by atoms with Crippen LogP contribution in [-0.2, 0) is 10.0 Å². The number of sulfonamides is 1. The Hall–Kier alpha value is -1.80. The van der Waals surface area contributed by atoms with Gasteiger partial charge in [0.25, 0.3) is 0 Å². The Bertz CT molecular complexity index is 671. The van der Waals surface area contributed by atoms with Crippen LogP contribution in [0.3, 0.4) is 0 Å². The third-order valence-electron chi connectivity index (χ3n) is 2.71. The van der Waals surface area contributed by atoms with Crippen molar-refractivity contribution in [2.24, 2.45) is 0 Å². The number of nitrogens with zero attached hydrogens (tertiary/aromatic N) is 1. The van der Waals surface area contributed by atoms with E-state index in [1.807, 2.05) is 0 Å². The minimum absolute atomic E-state index is 0.113. The first-order valence-electron chi connectivity index (χ1n) is 5.98. The van der Waals surface area contributed by atoms with Crippen LogP contribution in [0, 0.1) is 11.6 Å². The van der Waals surface area contributed by atoms with Gasteiger partial charge in [-0.2, -0.15) is 4.31 Å². The maximum Gasteiger partial charge on any atom is 0.335 e. The van der Waals surface area contributed by atoms with Crippen molar-refractivity contribution in [1.29, 1.82) is 0 Å². The molecule has 0 amide bonds. The summed E-state index contributed by atoms with van der Waals surface area (Å²) in [5.41, 5.74) is -0.644. The zero-order valence-electron chi connectivity index (χ0n) is 11.5. The lowest BCUT2D eigenvalue weighted by Gasteiger charge is -2.24. The van der Waals surface area contributed by atoms with E-state index in [1.54, 1.807) is 13.8 Å². The first-order chi connectivity index (χ1) is 9.62. The monoisotopic (exact) mass is 319 g/mol. The Balaban J connectivity index is 3.56. The number of hydrogen-bond donors (Lipinski definition) is 1. The number of carboxylic acid groups (broad SMARTS) is 1. The number of hydrogen-bond acceptors (Lipinski definition) is 3. The molecule has 0 heterocycles. The minimum atomic E-state index is -4.39. The van der Waals surface area contributed by atoms with Crippen molar-refractivity contribution in [3.63, 3.8) is 0 Å². The molecule has 0 aromatic heterocycles. The number of rotatable bonds is 6. The quantitative estimate of drug-likeness (QED) is 0.816. The van der Waals surface area contributed by atoms with E-state index in [-0.39, 0.29) is 6.54 Å². The van der Waals surface area contributed by atoms with E-state index in [1.165, 1.54) is 6.08 Å². The third-order valence-corrected chi connectivity index (χ3v) is 4.75. The molecule has 0 bridgehead atoms. The maximum atomic E-state index is 13.8. The third kappa shape index (κ3) is 3.45. The number of benzene rings is 1. The molecule has 0 unspecified atom stereocenters. The summed E-state index contributed by atoms with van der Waals surface area (Å²) in [4.78, 5) is 9.86. The van der Waals surface area contributed by atoms with Gasteiger partial charge >= 0.3 is 5.97 Å². The van der Waals surface area contributed by atoms with Crippen molar-refractivity contribution >= 4 is 16.0 Å². The Morgan fingerprint density at radius 1 is 1.43 bits per heavy atom. The van der Waals surface area contributed by atoms with Crippen LogP contribution in [0.5, 0.6) is 0 Å². The van der Waals surface area contributed by atoms with Crippen molar-refractivity contribution in [3.05, 3.63) is 42.0 Å². The lowest BCUT2D eigenvalue weighted by molar-refractivity contribution is 0.0696. The summed E-state index contributed by atoms with van der Waals surface area (Å²) in [7, 11) is -4.39. The zero-order valence-corrected chi connectivity index (χ0v) is 12.3. The Morgan fingerprint density at radius 3 is 2.43 bits per heavy atom. The van der Waals surface area contributed by atoms with E-state index in [2.05, 4.69) is 6.58 Å². The molecule has 0 fully saturated rings. The molecule has 1 rings (SSSR count). The molecule has 0 saturated carbocycles. The molecule has 0 aliphatic heterocycles. The molecule has 1 aromatic rings. The van der Waals surface area contributed by atoms with Crippen molar-refractivity contribution in [3.8, 4) is 0 Å². The molecule has 0 radical (unpaired) electrons. The van der Waals surface area contributed by atoms with Gasteiger partial charge in [0.1, 0.15) is 4.90 Å². The van der Waals surface area contributed by atoms with E-state index in [0.717, 1.165) is 4.31 Å². The fraction of sp³-hybridized carbons (Fsp3) is 0.308. The molecule has 5 nitrogen and oxygen atoms in total. The van der Waals surface area contributed by atoms with Gasteiger partial charge in [-0.3, -0.25) is 0 Å². The average molecular weight is 319 g/mol. The largest absolute Gasteiger partial charge is 0.478 e. The first kappa shape index (κ1) is 17.3. The highest BCUT2D eigenvalue weighted by Crippen LogP contribution is 2.24. The van der Waals surface area contributed by atoms with Gasteiger partial charge in [-0.15, -0.1) is 6.58 Å². The fourth-order valence-electron chi connectivity index (χ4n) is 1.72. The lowest BCUT2D eigenvalue weighted by Crippen LogP contribution is -2.37. The van der Waals surface area contributed by atoms with Crippen LogP contribution >= 0.6 is 0 Å². The number of halogens is 2. The number of aromatic carboxylic acids is 1. The van der Waals surface area contributed by atoms with E-state index in [4.69, 9.17) is 5.11 Å². The molecule has 116 valence electrons. The highest BCUT2D eigenvalue weighted by atomic mass is 32.2. The topological polar surface area (TPSA) is 74.7 Å². The molecule has 0 spiro atoms. The summed E-state index contributed by atoms with van der Waals surface area (Å²) >= 11 is 0. The van der Waals surface area contributed by atoms with Crippen LogP contribution in [0.15, 0.2) is 29.7 Å². The maximum absolute atomic E-state index is 13.8. The van der Waals surface area contributed by atoms with Crippen LogP contribution in [0.4, 0.5) is 8.78 Å². The van der Waals surface area contributed by atoms with E-state index >= 15 is 0 Å². The van der Waals surface area contributed by atoms with E-state index in [9.17, 15) is 22.0 Å². The highest BCUT2D eigenvalue weighted by molar-refractivity contribution is 7.89. The van der Waals surface area contributed by atoms with Crippen molar-refractivity contribution in [1.82, 2.24) is 4.31 Å². The Morgan fingerprint density at radius 2 is 2.00 bits per heavy atom. The summed E-state index contributed by atoms with van der Waals surface area (Å²) in [6.07, 6.45) is 1.30. The van der Waals surface area contributed by atoms with Gasteiger partial charge in [-0.25, -0.2) is 22.0 Å². The van der Waals surface area contributed by atoms with Gasteiger partial charge in [0.2, 0.25) is 10.0 Å². The second-order valence-corrected chi connectivity index (χ2v) is 6.39. The highest BCUT2D eigenvalue weighted by Gasteiger charge is 2.31. The van der Waals surface area contributed by atoms with Gasteiger partial charge < -0.3 is 5.11 Å². The van der Waals surface area contributed by atoms with Gasteiger partial charge in [-0.1, -0.05) is 6.08 Å². The minimum Gasteiger partial charge on any atom is -0.478 e. The summed E-state index contributed by atoms with van der Waals surface area (Å²) in [6, 6.07) is 0.502. The van der Waals surface area contributed by atoms with Crippen LogP contribution in [0.25, 0.3) is 0 Å². The van der Waals surface area contributed by atoms with Crippen LogP contribution < -0.4 is 0 Å². The second kappa shape index (κ2) is 6.31. The summed E-state index contributed by atoms with van der Waals surface area (Å²) < 4.78 is 52.9. The van der Waals surface area contributed by atoms with Crippen molar-refractivity contribution in [2.75, 3.05) is 6.54 Å². The number of carboxylic acids is 1. The molecular weight excluding hydrogens is 304 g/mol. The van der Waals surface area contributed by atoms with Crippen LogP contribution in [0.1, 0.15) is 24.2 Å². The molecule has 0 saturated heterocycles. The fourth-order valence-corrected chi connectivity index (χ4v) is 3.42. The summed E-state index contributed by atoms with van der Waals surface area (Å²) in [5, 5.41) is 8.83. The van der Waals surface area contributed by atoms with Crippen LogP contribution in [0.2, 0.25) is 0 Å². The Kier molecular flexibility index (Phi) is 5.19. The molecule has 0 aliphatic rings. The van der Waals surface area contributed by atoms with Gasteiger partial charge in [0.05, 0.1) is 5.56 Å².